The van der Waals surface area contributed by atoms with Gasteiger partial charge in [0, 0.05) is 23.8 Å². The monoisotopic (exact) mass is 296 g/mol. The summed E-state index contributed by atoms with van der Waals surface area (Å²) in [5.74, 6) is -0.731. The van der Waals surface area contributed by atoms with Gasteiger partial charge in [-0.1, -0.05) is 17.7 Å². The molecule has 20 heavy (non-hydrogen) atoms. The summed E-state index contributed by atoms with van der Waals surface area (Å²) >= 11 is 5.89. The van der Waals surface area contributed by atoms with Crippen LogP contribution >= 0.6 is 11.6 Å². The van der Waals surface area contributed by atoms with Crippen molar-refractivity contribution in [3.8, 4) is 0 Å². The molecule has 2 N–H and O–H groups in total. The van der Waals surface area contributed by atoms with Gasteiger partial charge in [-0.3, -0.25) is 14.5 Å². The van der Waals surface area contributed by atoms with Crippen LogP contribution in [-0.2, 0) is 9.59 Å². The molecule has 0 spiro atoms. The molecule has 0 unspecified atom stereocenters. The van der Waals surface area contributed by atoms with E-state index in [0.717, 1.165) is 5.56 Å². The van der Waals surface area contributed by atoms with Crippen LogP contribution < -0.4 is 5.32 Å². The van der Waals surface area contributed by atoms with Crippen LogP contribution in [0.5, 0.6) is 0 Å². The number of aryl methyl sites for hydroxylation is 1. The smallest absolute Gasteiger partial charge is 0.303 e. The van der Waals surface area contributed by atoms with E-state index in [2.05, 4.69) is 5.32 Å². The van der Waals surface area contributed by atoms with Gasteiger partial charge in [-0.15, -0.1) is 0 Å². The maximum absolute atomic E-state index is 11.9. The van der Waals surface area contributed by atoms with Crippen LogP contribution in [0.3, 0.4) is 0 Å². The first kappa shape index (κ1) is 14.8. The minimum Gasteiger partial charge on any atom is -0.481 e. The lowest BCUT2D eigenvalue weighted by Crippen LogP contribution is -2.50. The molecule has 108 valence electrons. The zero-order valence-corrected chi connectivity index (χ0v) is 12.0. The molecular formula is C14H17ClN2O3. The third-order valence-electron chi connectivity index (χ3n) is 3.34. The Morgan fingerprint density at radius 3 is 2.80 bits per heavy atom. The maximum Gasteiger partial charge on any atom is 0.303 e. The molecule has 1 aliphatic rings. The van der Waals surface area contributed by atoms with Crippen LogP contribution in [0.2, 0.25) is 5.02 Å². The van der Waals surface area contributed by atoms with Crippen molar-refractivity contribution in [3.05, 3.63) is 28.8 Å². The molecule has 0 saturated carbocycles. The minimum atomic E-state index is -0.784. The van der Waals surface area contributed by atoms with Crippen molar-refractivity contribution in [1.82, 2.24) is 4.90 Å². The number of rotatable bonds is 5. The Labute approximate surface area is 122 Å². The standard InChI is InChI=1S/C14H17ClN2O3/c1-9-2-3-11(15)5-12(9)16-13(18)8-17-6-10(7-17)4-14(19)20/h2-3,5,10H,4,6-8H2,1H3,(H,16,18)(H,19,20). The minimum absolute atomic E-state index is 0.107. The van der Waals surface area contributed by atoms with Crippen LogP contribution in [0.4, 0.5) is 5.69 Å². The maximum atomic E-state index is 11.9. The third kappa shape index (κ3) is 3.95. The Hall–Kier alpha value is -1.59. The lowest BCUT2D eigenvalue weighted by Gasteiger charge is -2.37. The Morgan fingerprint density at radius 2 is 2.15 bits per heavy atom. The zero-order chi connectivity index (χ0) is 14.7. The number of anilines is 1. The largest absolute Gasteiger partial charge is 0.481 e. The number of carbonyl (C=O) groups excluding carboxylic acids is 1. The van der Waals surface area contributed by atoms with E-state index in [1.807, 2.05) is 17.9 Å². The molecule has 0 radical (unpaired) electrons. The van der Waals surface area contributed by atoms with E-state index >= 15 is 0 Å². The normalized spacial score (nSPS) is 15.7. The fourth-order valence-corrected chi connectivity index (χ4v) is 2.48. The summed E-state index contributed by atoms with van der Waals surface area (Å²) < 4.78 is 0. The van der Waals surface area contributed by atoms with Gasteiger partial charge in [0.2, 0.25) is 5.91 Å². The average Bonchev–Trinajstić information content (AvgIpc) is 2.30. The molecule has 6 heteroatoms. The van der Waals surface area contributed by atoms with Crippen LogP contribution in [0, 0.1) is 12.8 Å². The number of aliphatic carboxylic acids is 1. The Bertz CT molecular complexity index is 527. The van der Waals surface area contributed by atoms with Gasteiger partial charge >= 0.3 is 5.97 Å². The summed E-state index contributed by atoms with van der Waals surface area (Å²) in [5.41, 5.74) is 1.67. The Kier molecular flexibility index (Phi) is 4.62. The summed E-state index contributed by atoms with van der Waals surface area (Å²) in [4.78, 5) is 24.4. The molecular weight excluding hydrogens is 280 g/mol. The number of carboxylic acids is 1. The molecule has 1 heterocycles. The van der Waals surface area contributed by atoms with Gasteiger partial charge in [0.05, 0.1) is 13.0 Å². The van der Waals surface area contributed by atoms with Crippen LogP contribution in [0.25, 0.3) is 0 Å². The van der Waals surface area contributed by atoms with Crippen LogP contribution in [0.1, 0.15) is 12.0 Å². The molecule has 0 aromatic heterocycles. The second-order valence-corrected chi connectivity index (χ2v) is 5.60. The molecule has 1 fully saturated rings. The molecule has 1 aromatic rings. The number of nitrogens with zero attached hydrogens (tertiary/aromatic N) is 1. The molecule has 0 atom stereocenters. The van der Waals surface area contributed by atoms with Crippen molar-refractivity contribution < 1.29 is 14.7 Å². The van der Waals surface area contributed by atoms with Crippen LogP contribution in [-0.4, -0.2) is 41.5 Å². The fourth-order valence-electron chi connectivity index (χ4n) is 2.30. The number of carbonyl (C=O) groups is 2. The zero-order valence-electron chi connectivity index (χ0n) is 11.2. The first-order valence-corrected chi connectivity index (χ1v) is 6.82. The van der Waals surface area contributed by atoms with Gasteiger partial charge in [0.1, 0.15) is 0 Å². The molecule has 2 rings (SSSR count). The molecule has 1 aliphatic heterocycles. The van der Waals surface area contributed by atoms with Crippen molar-refractivity contribution in [2.75, 3.05) is 25.0 Å². The van der Waals surface area contributed by atoms with E-state index in [-0.39, 0.29) is 24.8 Å². The van der Waals surface area contributed by atoms with E-state index in [4.69, 9.17) is 16.7 Å². The predicted molar refractivity (Wildman–Crippen MR) is 77.0 cm³/mol. The first-order valence-electron chi connectivity index (χ1n) is 6.44. The lowest BCUT2D eigenvalue weighted by atomic mass is 9.96. The number of benzene rings is 1. The van der Waals surface area contributed by atoms with E-state index in [1.165, 1.54) is 0 Å². The number of halogens is 1. The SMILES string of the molecule is Cc1ccc(Cl)cc1NC(=O)CN1CC(CC(=O)O)C1. The second kappa shape index (κ2) is 6.24. The van der Waals surface area contributed by atoms with Crippen molar-refractivity contribution in [2.24, 2.45) is 5.92 Å². The van der Waals surface area contributed by atoms with Crippen molar-refractivity contribution >= 4 is 29.2 Å². The lowest BCUT2D eigenvalue weighted by molar-refractivity contribution is -0.139. The summed E-state index contributed by atoms with van der Waals surface area (Å²) in [6.45, 7) is 3.50. The molecule has 1 aromatic carbocycles. The quantitative estimate of drug-likeness (QED) is 0.872. The summed E-state index contributed by atoms with van der Waals surface area (Å²) in [5, 5.41) is 12.1. The highest BCUT2D eigenvalue weighted by molar-refractivity contribution is 6.31. The first-order chi connectivity index (χ1) is 9.44. The number of hydrogen-bond donors (Lipinski definition) is 2. The number of carboxylic acid groups (broad SMARTS) is 1. The van der Waals surface area contributed by atoms with E-state index in [9.17, 15) is 9.59 Å². The van der Waals surface area contributed by atoms with Gasteiger partial charge in [0.15, 0.2) is 0 Å². The van der Waals surface area contributed by atoms with E-state index < -0.39 is 5.97 Å². The summed E-state index contributed by atoms with van der Waals surface area (Å²) in [7, 11) is 0. The fraction of sp³-hybridized carbons (Fsp3) is 0.429. The highest BCUT2D eigenvalue weighted by Gasteiger charge is 2.29. The highest BCUT2D eigenvalue weighted by atomic mass is 35.5. The van der Waals surface area contributed by atoms with Crippen molar-refractivity contribution in [3.63, 3.8) is 0 Å². The van der Waals surface area contributed by atoms with Gasteiger partial charge < -0.3 is 10.4 Å². The molecule has 5 nitrogen and oxygen atoms in total. The topological polar surface area (TPSA) is 69.6 Å². The Morgan fingerprint density at radius 1 is 1.45 bits per heavy atom. The van der Waals surface area contributed by atoms with E-state index in [0.29, 0.717) is 23.8 Å². The van der Waals surface area contributed by atoms with Gasteiger partial charge in [0.25, 0.3) is 0 Å². The molecule has 0 bridgehead atoms. The summed E-state index contributed by atoms with van der Waals surface area (Å²) in [6.07, 6.45) is 0.172. The molecule has 1 amide bonds. The Balaban J connectivity index is 1.79. The summed E-state index contributed by atoms with van der Waals surface area (Å²) in [6, 6.07) is 5.35. The van der Waals surface area contributed by atoms with Crippen molar-refractivity contribution in [2.45, 2.75) is 13.3 Å². The third-order valence-corrected chi connectivity index (χ3v) is 3.57. The van der Waals surface area contributed by atoms with Gasteiger partial charge in [-0.2, -0.15) is 0 Å². The number of hydrogen-bond acceptors (Lipinski definition) is 3. The average molecular weight is 297 g/mol. The second-order valence-electron chi connectivity index (χ2n) is 5.17. The number of nitrogens with one attached hydrogen (secondary N) is 1. The molecule has 0 aliphatic carbocycles. The highest BCUT2D eigenvalue weighted by Crippen LogP contribution is 2.21. The predicted octanol–water partition coefficient (Wildman–Crippen LogP) is 1.99. The molecule has 1 saturated heterocycles. The van der Waals surface area contributed by atoms with Crippen molar-refractivity contribution in [1.29, 1.82) is 0 Å². The number of likely N-dealkylation sites (tertiary alicyclic amines) is 1. The van der Waals surface area contributed by atoms with Crippen LogP contribution in [0.15, 0.2) is 18.2 Å². The van der Waals surface area contributed by atoms with E-state index in [1.54, 1.807) is 12.1 Å². The number of amides is 1. The van der Waals surface area contributed by atoms with Gasteiger partial charge in [-0.05, 0) is 30.5 Å². The van der Waals surface area contributed by atoms with Gasteiger partial charge in [-0.25, -0.2) is 0 Å².